The first kappa shape index (κ1) is 9.95. The van der Waals surface area contributed by atoms with Gasteiger partial charge < -0.3 is 0 Å². The van der Waals surface area contributed by atoms with Gasteiger partial charge in [0.25, 0.3) is 0 Å². The third-order valence-corrected chi connectivity index (χ3v) is 3.10. The van der Waals surface area contributed by atoms with Gasteiger partial charge in [0.15, 0.2) is 0 Å². The van der Waals surface area contributed by atoms with E-state index in [1.54, 1.807) is 0 Å². The van der Waals surface area contributed by atoms with E-state index in [-0.39, 0.29) is 6.61 Å². The van der Waals surface area contributed by atoms with Crippen molar-refractivity contribution in [1.29, 1.82) is 0 Å². The number of rotatable bonds is 4. The Morgan fingerprint density at radius 2 is 2.33 bits per heavy atom. The van der Waals surface area contributed by atoms with Crippen molar-refractivity contribution >= 4 is 10.3 Å². The van der Waals surface area contributed by atoms with Crippen molar-refractivity contribution < 1.29 is 12.6 Å². The van der Waals surface area contributed by atoms with E-state index in [1.165, 1.54) is 4.31 Å². The zero-order valence-corrected chi connectivity index (χ0v) is 8.01. The van der Waals surface area contributed by atoms with E-state index in [1.807, 2.05) is 13.3 Å². The minimum Gasteiger partial charge on any atom is -0.258 e. The second kappa shape index (κ2) is 4.20. The summed E-state index contributed by atoms with van der Waals surface area (Å²) in [5, 5.41) is 0. The summed E-state index contributed by atoms with van der Waals surface area (Å²) in [4.78, 5) is 0. The molecule has 1 radical (unpaired) electrons. The molecule has 1 heterocycles. The van der Waals surface area contributed by atoms with Crippen LogP contribution in [0.4, 0.5) is 0 Å². The van der Waals surface area contributed by atoms with Crippen molar-refractivity contribution in [2.24, 2.45) is 0 Å². The summed E-state index contributed by atoms with van der Waals surface area (Å²) in [6.45, 7) is 3.21. The molecular formula is C7H14NO3S. The molecule has 1 saturated heterocycles. The van der Waals surface area contributed by atoms with Crippen LogP contribution in [0.2, 0.25) is 0 Å². The Balaban J connectivity index is 2.46. The van der Waals surface area contributed by atoms with Gasteiger partial charge in [0.05, 0.1) is 6.61 Å². The lowest BCUT2D eigenvalue weighted by atomic mass is 10.4. The van der Waals surface area contributed by atoms with Crippen LogP contribution in [0.5, 0.6) is 0 Å². The molecule has 0 bridgehead atoms. The van der Waals surface area contributed by atoms with Gasteiger partial charge in [-0.1, -0.05) is 6.92 Å². The predicted octanol–water partition coefficient (Wildman–Crippen LogP) is 0.568. The van der Waals surface area contributed by atoms with E-state index in [4.69, 9.17) is 4.18 Å². The standard InChI is InChI=1S/C7H14NO3S/c1-2-7-11-12(9,10)8-5-3-4-6-8/h3H,2,4-7H2,1H3. The van der Waals surface area contributed by atoms with E-state index in [2.05, 4.69) is 0 Å². The van der Waals surface area contributed by atoms with Gasteiger partial charge in [-0.2, -0.15) is 12.7 Å². The SMILES string of the molecule is CCCOS(=O)(=O)N1C[CH]CC1. The van der Waals surface area contributed by atoms with E-state index in [0.29, 0.717) is 13.1 Å². The average Bonchev–Trinajstić information content (AvgIpc) is 2.53. The monoisotopic (exact) mass is 192 g/mol. The average molecular weight is 192 g/mol. The Hall–Kier alpha value is -0.130. The summed E-state index contributed by atoms with van der Waals surface area (Å²) < 4.78 is 28.6. The molecule has 1 rings (SSSR count). The Kier molecular flexibility index (Phi) is 3.49. The molecule has 0 aromatic carbocycles. The van der Waals surface area contributed by atoms with Crippen LogP contribution in [-0.4, -0.2) is 32.4 Å². The fourth-order valence-corrected chi connectivity index (χ4v) is 2.17. The molecule has 12 heavy (non-hydrogen) atoms. The van der Waals surface area contributed by atoms with Crippen LogP contribution in [0.15, 0.2) is 0 Å². The molecule has 0 N–H and O–H groups in total. The van der Waals surface area contributed by atoms with Crippen LogP contribution >= 0.6 is 0 Å². The molecule has 71 valence electrons. The van der Waals surface area contributed by atoms with Crippen molar-refractivity contribution in [3.8, 4) is 0 Å². The van der Waals surface area contributed by atoms with Crippen LogP contribution in [0.1, 0.15) is 19.8 Å². The smallest absolute Gasteiger partial charge is 0.258 e. The van der Waals surface area contributed by atoms with Gasteiger partial charge in [-0.25, -0.2) is 0 Å². The van der Waals surface area contributed by atoms with Crippen LogP contribution < -0.4 is 0 Å². The summed E-state index contributed by atoms with van der Waals surface area (Å²) in [6.07, 6.45) is 3.48. The molecule has 1 aliphatic heterocycles. The minimum absolute atomic E-state index is 0.277. The van der Waals surface area contributed by atoms with Crippen LogP contribution in [0.3, 0.4) is 0 Å². The molecule has 5 heteroatoms. The fourth-order valence-electron chi connectivity index (χ4n) is 1.03. The first-order valence-electron chi connectivity index (χ1n) is 4.13. The highest BCUT2D eigenvalue weighted by Crippen LogP contribution is 2.12. The molecule has 0 aromatic heterocycles. The maximum absolute atomic E-state index is 11.3. The highest BCUT2D eigenvalue weighted by Gasteiger charge is 2.25. The molecule has 1 fully saturated rings. The number of nitrogens with zero attached hydrogens (tertiary/aromatic N) is 1. The molecule has 0 saturated carbocycles. The van der Waals surface area contributed by atoms with Gasteiger partial charge in [-0.05, 0) is 19.3 Å². The van der Waals surface area contributed by atoms with Crippen LogP contribution in [-0.2, 0) is 14.5 Å². The first-order valence-corrected chi connectivity index (χ1v) is 5.49. The largest absolute Gasteiger partial charge is 0.338 e. The van der Waals surface area contributed by atoms with Crippen molar-refractivity contribution in [1.82, 2.24) is 4.31 Å². The van der Waals surface area contributed by atoms with Crippen molar-refractivity contribution in [2.75, 3.05) is 19.7 Å². The Morgan fingerprint density at radius 3 is 2.83 bits per heavy atom. The first-order chi connectivity index (χ1) is 5.67. The van der Waals surface area contributed by atoms with Crippen molar-refractivity contribution in [2.45, 2.75) is 19.8 Å². The zero-order chi connectivity index (χ0) is 9.03. The third kappa shape index (κ3) is 2.43. The molecule has 1 aliphatic rings. The fraction of sp³-hybridized carbons (Fsp3) is 0.857. The molecule has 0 aliphatic carbocycles. The summed E-state index contributed by atoms with van der Waals surface area (Å²) in [7, 11) is -3.42. The van der Waals surface area contributed by atoms with Crippen LogP contribution in [0, 0.1) is 6.42 Å². The second-order valence-corrected chi connectivity index (χ2v) is 4.32. The normalized spacial score (nSPS) is 20.1. The summed E-state index contributed by atoms with van der Waals surface area (Å²) in [5.74, 6) is 0. The lowest BCUT2D eigenvalue weighted by Gasteiger charge is -2.13. The maximum Gasteiger partial charge on any atom is 0.338 e. The predicted molar refractivity (Wildman–Crippen MR) is 45.7 cm³/mol. The second-order valence-electron chi connectivity index (χ2n) is 2.72. The molecule has 0 atom stereocenters. The van der Waals surface area contributed by atoms with Gasteiger partial charge in [0, 0.05) is 13.1 Å². The van der Waals surface area contributed by atoms with E-state index in [0.717, 1.165) is 12.8 Å². The van der Waals surface area contributed by atoms with Crippen LogP contribution in [0.25, 0.3) is 0 Å². The quantitative estimate of drug-likeness (QED) is 0.654. The Labute approximate surface area is 73.8 Å². The lowest BCUT2D eigenvalue weighted by molar-refractivity contribution is 0.280. The molecule has 0 aromatic rings. The van der Waals surface area contributed by atoms with E-state index >= 15 is 0 Å². The van der Waals surface area contributed by atoms with Crippen molar-refractivity contribution in [3.05, 3.63) is 6.42 Å². The van der Waals surface area contributed by atoms with Gasteiger partial charge in [-0.3, -0.25) is 4.18 Å². The Morgan fingerprint density at radius 1 is 1.58 bits per heavy atom. The zero-order valence-electron chi connectivity index (χ0n) is 7.19. The Bertz CT molecular complexity index is 219. The third-order valence-electron chi connectivity index (χ3n) is 1.67. The van der Waals surface area contributed by atoms with E-state index < -0.39 is 10.3 Å². The summed E-state index contributed by atoms with van der Waals surface area (Å²) >= 11 is 0. The topological polar surface area (TPSA) is 46.6 Å². The molecule has 0 amide bonds. The molecule has 0 unspecified atom stereocenters. The number of hydrogen-bond donors (Lipinski definition) is 0. The van der Waals surface area contributed by atoms with Gasteiger partial charge in [0.1, 0.15) is 0 Å². The summed E-state index contributed by atoms with van der Waals surface area (Å²) in [5.41, 5.74) is 0. The number of hydrogen-bond acceptors (Lipinski definition) is 3. The van der Waals surface area contributed by atoms with Crippen molar-refractivity contribution in [3.63, 3.8) is 0 Å². The highest BCUT2D eigenvalue weighted by molar-refractivity contribution is 7.84. The molecule has 0 spiro atoms. The van der Waals surface area contributed by atoms with Gasteiger partial charge >= 0.3 is 10.3 Å². The molecular weight excluding hydrogens is 178 g/mol. The summed E-state index contributed by atoms with van der Waals surface area (Å²) in [6, 6.07) is 0. The van der Waals surface area contributed by atoms with E-state index in [9.17, 15) is 8.42 Å². The highest BCUT2D eigenvalue weighted by atomic mass is 32.2. The lowest BCUT2D eigenvalue weighted by Crippen LogP contribution is -2.29. The van der Waals surface area contributed by atoms with Gasteiger partial charge in [0.2, 0.25) is 0 Å². The van der Waals surface area contributed by atoms with Gasteiger partial charge in [-0.15, -0.1) is 0 Å². The minimum atomic E-state index is -3.42. The molecule has 4 nitrogen and oxygen atoms in total. The maximum atomic E-state index is 11.3.